The Balaban J connectivity index is 4.20. The maximum Gasteiger partial charge on any atom is 0.291 e. The van der Waals surface area contributed by atoms with Gasteiger partial charge in [-0.3, -0.25) is 4.55 Å². The molecule has 0 aromatic heterocycles. The van der Waals surface area contributed by atoms with Gasteiger partial charge in [-0.2, -0.15) is 8.42 Å². The van der Waals surface area contributed by atoms with Crippen LogP contribution < -0.4 is 0 Å². The fourth-order valence-electron chi connectivity index (χ4n) is 0.456. The largest absolute Gasteiger partial charge is 0.358 e. The molecule has 0 rings (SSSR count). The Morgan fingerprint density at radius 1 is 1.50 bits per heavy atom. The third-order valence-electron chi connectivity index (χ3n) is 1.55. The van der Waals surface area contributed by atoms with Crippen LogP contribution in [0.3, 0.4) is 0 Å². The molecule has 0 aromatic rings. The number of hydrogen-bond acceptors (Lipinski definition) is 4. The van der Waals surface area contributed by atoms with Crippen molar-refractivity contribution < 1.29 is 17.7 Å². The maximum atomic E-state index is 10.6. The topological polar surface area (TPSA) is 66.8 Å². The molecule has 0 aliphatic rings. The molecule has 0 spiro atoms. The van der Waals surface area contributed by atoms with Crippen molar-refractivity contribution in [3.63, 3.8) is 0 Å². The molecular formula is C6H13Cl2NO4S. The zero-order chi connectivity index (χ0) is 11.6. The van der Waals surface area contributed by atoms with E-state index in [9.17, 15) is 8.42 Å². The third kappa shape index (κ3) is 4.77. The smallest absolute Gasteiger partial charge is 0.291 e. The average molecular weight is 266 g/mol. The fraction of sp³-hybridized carbons (Fsp3) is 1.00. The van der Waals surface area contributed by atoms with Gasteiger partial charge in [0.25, 0.3) is 10.1 Å². The standard InChI is InChI=1S/C6H13Cl2NO4S/c1-5(14(10,11)12)13-4-6(2,3)9(7)8/h5H,4H2,1-3H3,(H,10,11,12). The first-order valence-electron chi connectivity index (χ1n) is 3.77. The summed E-state index contributed by atoms with van der Waals surface area (Å²) < 4.78 is 35.5. The van der Waals surface area contributed by atoms with Gasteiger partial charge in [-0.15, -0.1) is 3.94 Å². The quantitative estimate of drug-likeness (QED) is 0.605. The van der Waals surface area contributed by atoms with Gasteiger partial charge in [0.05, 0.1) is 12.1 Å². The molecule has 0 saturated carbocycles. The van der Waals surface area contributed by atoms with Gasteiger partial charge in [0.2, 0.25) is 0 Å². The highest BCUT2D eigenvalue weighted by molar-refractivity contribution is 7.86. The van der Waals surface area contributed by atoms with Gasteiger partial charge >= 0.3 is 0 Å². The van der Waals surface area contributed by atoms with Crippen LogP contribution >= 0.6 is 23.6 Å². The van der Waals surface area contributed by atoms with Crippen molar-refractivity contribution >= 4 is 33.7 Å². The van der Waals surface area contributed by atoms with E-state index in [0.717, 1.165) is 3.94 Å². The fourth-order valence-corrected chi connectivity index (χ4v) is 0.794. The molecule has 5 nitrogen and oxygen atoms in total. The molecule has 0 aliphatic carbocycles. The highest BCUT2D eigenvalue weighted by Crippen LogP contribution is 2.20. The van der Waals surface area contributed by atoms with Gasteiger partial charge in [0.1, 0.15) is 0 Å². The van der Waals surface area contributed by atoms with Crippen LogP contribution in [0.2, 0.25) is 0 Å². The zero-order valence-corrected chi connectivity index (χ0v) is 10.4. The molecule has 0 aliphatic heterocycles. The van der Waals surface area contributed by atoms with E-state index < -0.39 is 21.1 Å². The molecule has 86 valence electrons. The first-order valence-corrected chi connectivity index (χ1v) is 5.95. The molecule has 0 heterocycles. The third-order valence-corrected chi connectivity index (χ3v) is 3.44. The van der Waals surface area contributed by atoms with Gasteiger partial charge in [0, 0.05) is 0 Å². The van der Waals surface area contributed by atoms with Crippen LogP contribution in [0.15, 0.2) is 0 Å². The van der Waals surface area contributed by atoms with Gasteiger partial charge in [-0.25, -0.2) is 0 Å². The molecular weight excluding hydrogens is 253 g/mol. The zero-order valence-electron chi connectivity index (χ0n) is 8.07. The molecule has 0 fully saturated rings. The van der Waals surface area contributed by atoms with Gasteiger partial charge < -0.3 is 4.74 Å². The van der Waals surface area contributed by atoms with E-state index in [1.165, 1.54) is 6.92 Å². The van der Waals surface area contributed by atoms with Crippen molar-refractivity contribution in [1.82, 2.24) is 3.94 Å². The molecule has 1 N–H and O–H groups in total. The van der Waals surface area contributed by atoms with Gasteiger partial charge in [-0.05, 0) is 44.3 Å². The van der Waals surface area contributed by atoms with Crippen molar-refractivity contribution in [1.29, 1.82) is 0 Å². The van der Waals surface area contributed by atoms with Crippen LogP contribution in [0.25, 0.3) is 0 Å². The number of hydrogen-bond donors (Lipinski definition) is 1. The van der Waals surface area contributed by atoms with E-state index >= 15 is 0 Å². The summed E-state index contributed by atoms with van der Waals surface area (Å²) >= 11 is 10.9. The van der Waals surface area contributed by atoms with Crippen LogP contribution in [-0.2, 0) is 14.9 Å². The molecule has 0 saturated heterocycles. The Morgan fingerprint density at radius 3 is 2.21 bits per heavy atom. The number of rotatable bonds is 5. The van der Waals surface area contributed by atoms with Crippen molar-refractivity contribution in [2.75, 3.05) is 6.61 Å². The maximum absolute atomic E-state index is 10.6. The Bertz CT molecular complexity index is 278. The molecule has 0 bridgehead atoms. The second kappa shape index (κ2) is 4.96. The summed E-state index contributed by atoms with van der Waals surface area (Å²) in [6.07, 6.45) is 0. The second-order valence-electron chi connectivity index (χ2n) is 3.44. The predicted octanol–water partition coefficient (Wildman–Crippen LogP) is 1.62. The van der Waals surface area contributed by atoms with Crippen molar-refractivity contribution in [2.45, 2.75) is 31.7 Å². The number of nitrogens with zero attached hydrogens (tertiary/aromatic N) is 1. The van der Waals surface area contributed by atoms with Crippen molar-refractivity contribution in [3.8, 4) is 0 Å². The lowest BCUT2D eigenvalue weighted by Gasteiger charge is -2.27. The predicted molar refractivity (Wildman–Crippen MR) is 54.6 cm³/mol. The Hall–Kier alpha value is 0.410. The molecule has 14 heavy (non-hydrogen) atoms. The highest BCUT2D eigenvalue weighted by Gasteiger charge is 2.28. The van der Waals surface area contributed by atoms with E-state index in [1.807, 2.05) is 0 Å². The average Bonchev–Trinajstić information content (AvgIpc) is 1.98. The second-order valence-corrected chi connectivity index (χ2v) is 5.98. The Kier molecular flexibility index (Phi) is 5.10. The summed E-state index contributed by atoms with van der Waals surface area (Å²) in [7, 11) is -4.18. The summed E-state index contributed by atoms with van der Waals surface area (Å²) in [5.74, 6) is 0. The van der Waals surface area contributed by atoms with Crippen molar-refractivity contribution in [2.24, 2.45) is 0 Å². The van der Waals surface area contributed by atoms with E-state index in [4.69, 9.17) is 32.8 Å². The molecule has 1 atom stereocenters. The molecule has 0 radical (unpaired) electrons. The van der Waals surface area contributed by atoms with Crippen LogP contribution in [0.4, 0.5) is 0 Å². The van der Waals surface area contributed by atoms with Crippen LogP contribution in [0.5, 0.6) is 0 Å². The summed E-state index contributed by atoms with van der Waals surface area (Å²) in [6.45, 7) is 4.51. The Labute approximate surface area is 93.9 Å². The molecule has 8 heteroatoms. The minimum Gasteiger partial charge on any atom is -0.358 e. The first kappa shape index (κ1) is 14.4. The lowest BCUT2D eigenvalue weighted by molar-refractivity contribution is 0.0552. The normalized spacial score (nSPS) is 15.9. The molecule has 1 unspecified atom stereocenters. The van der Waals surface area contributed by atoms with E-state index in [-0.39, 0.29) is 6.61 Å². The first-order chi connectivity index (χ1) is 6.07. The monoisotopic (exact) mass is 265 g/mol. The van der Waals surface area contributed by atoms with Crippen LogP contribution in [0, 0.1) is 0 Å². The number of ether oxygens (including phenoxy) is 1. The molecule has 0 amide bonds. The lowest BCUT2D eigenvalue weighted by Crippen LogP contribution is -2.38. The minimum absolute atomic E-state index is 0.0268. The van der Waals surface area contributed by atoms with Crippen LogP contribution in [0.1, 0.15) is 20.8 Å². The summed E-state index contributed by atoms with van der Waals surface area (Å²) in [5, 5.41) is 0. The van der Waals surface area contributed by atoms with E-state index in [2.05, 4.69) is 0 Å². The highest BCUT2D eigenvalue weighted by atomic mass is 35.5. The minimum atomic E-state index is -4.18. The molecule has 0 aromatic carbocycles. The van der Waals surface area contributed by atoms with E-state index in [1.54, 1.807) is 13.8 Å². The van der Waals surface area contributed by atoms with Gasteiger partial charge in [0.15, 0.2) is 5.44 Å². The summed E-state index contributed by atoms with van der Waals surface area (Å²) in [4.78, 5) is 0. The SMILES string of the molecule is CC(OCC(C)(C)N(Cl)Cl)S(=O)(=O)O. The summed E-state index contributed by atoms with van der Waals surface area (Å²) in [5.41, 5.74) is -2.03. The Morgan fingerprint density at radius 2 is 1.93 bits per heavy atom. The van der Waals surface area contributed by atoms with Gasteiger partial charge in [-0.1, -0.05) is 0 Å². The lowest BCUT2D eigenvalue weighted by atomic mass is 10.1. The van der Waals surface area contributed by atoms with Crippen LogP contribution in [-0.4, -0.2) is 34.5 Å². The number of halogens is 2. The van der Waals surface area contributed by atoms with E-state index in [0.29, 0.717) is 0 Å². The summed E-state index contributed by atoms with van der Waals surface area (Å²) in [6, 6.07) is 0. The van der Waals surface area contributed by atoms with Crippen molar-refractivity contribution in [3.05, 3.63) is 0 Å².